The lowest BCUT2D eigenvalue weighted by Gasteiger charge is -2.27. The molecule has 4 rings (SSSR count). The number of aromatic amines is 1. The number of rotatable bonds is 2. The summed E-state index contributed by atoms with van der Waals surface area (Å²) in [6, 6.07) is 5.92. The van der Waals surface area contributed by atoms with Crippen LogP contribution in [0.15, 0.2) is 36.8 Å². The van der Waals surface area contributed by atoms with E-state index in [0.717, 1.165) is 39.5 Å². The largest absolute Gasteiger partial charge is 0.346 e. The SMILES string of the molecule is N#CCC(=O)N1CCC=C(c2ccnc3cnc4[nH]ccc4c23)C1. The van der Waals surface area contributed by atoms with E-state index in [9.17, 15) is 4.79 Å². The Hall–Kier alpha value is -3.20. The van der Waals surface area contributed by atoms with Gasteiger partial charge in [-0.3, -0.25) is 9.78 Å². The van der Waals surface area contributed by atoms with E-state index in [0.29, 0.717) is 13.1 Å². The highest BCUT2D eigenvalue weighted by Crippen LogP contribution is 2.31. The second-order valence-electron chi connectivity index (χ2n) is 5.79. The third-order valence-electron chi connectivity index (χ3n) is 4.37. The van der Waals surface area contributed by atoms with Gasteiger partial charge in [-0.2, -0.15) is 5.26 Å². The molecule has 24 heavy (non-hydrogen) atoms. The van der Waals surface area contributed by atoms with E-state index in [-0.39, 0.29) is 12.3 Å². The summed E-state index contributed by atoms with van der Waals surface area (Å²) in [5.41, 5.74) is 3.82. The van der Waals surface area contributed by atoms with Crippen LogP contribution in [0.25, 0.3) is 27.5 Å². The normalized spacial score (nSPS) is 14.6. The fourth-order valence-electron chi connectivity index (χ4n) is 3.25. The minimum absolute atomic E-state index is 0.0731. The third-order valence-corrected chi connectivity index (χ3v) is 4.37. The number of carbonyl (C=O) groups is 1. The quantitative estimate of drug-likeness (QED) is 0.787. The molecule has 6 heteroatoms. The third kappa shape index (κ3) is 2.31. The molecule has 0 spiro atoms. The zero-order valence-electron chi connectivity index (χ0n) is 13.0. The van der Waals surface area contributed by atoms with Crippen molar-refractivity contribution in [3.8, 4) is 6.07 Å². The lowest BCUT2D eigenvalue weighted by atomic mass is 9.97. The molecule has 3 aromatic rings. The molecule has 6 nitrogen and oxygen atoms in total. The molecule has 0 aromatic carbocycles. The smallest absolute Gasteiger partial charge is 0.237 e. The summed E-state index contributed by atoms with van der Waals surface area (Å²) in [4.78, 5) is 25.7. The number of aromatic nitrogens is 3. The zero-order chi connectivity index (χ0) is 16.5. The highest BCUT2D eigenvalue weighted by molar-refractivity contribution is 6.08. The average molecular weight is 317 g/mol. The molecular formula is C18H15N5O. The predicted molar refractivity (Wildman–Crippen MR) is 90.8 cm³/mol. The summed E-state index contributed by atoms with van der Waals surface area (Å²) < 4.78 is 0. The van der Waals surface area contributed by atoms with Gasteiger partial charge >= 0.3 is 0 Å². The van der Waals surface area contributed by atoms with E-state index in [4.69, 9.17) is 5.26 Å². The van der Waals surface area contributed by atoms with E-state index in [1.807, 2.05) is 24.4 Å². The van der Waals surface area contributed by atoms with Gasteiger partial charge in [-0.25, -0.2) is 4.98 Å². The molecule has 1 N–H and O–H groups in total. The van der Waals surface area contributed by atoms with Crippen molar-refractivity contribution >= 4 is 33.4 Å². The van der Waals surface area contributed by atoms with Crippen molar-refractivity contribution in [3.05, 3.63) is 42.4 Å². The first kappa shape index (κ1) is 14.4. The maximum absolute atomic E-state index is 12.1. The van der Waals surface area contributed by atoms with Crippen molar-refractivity contribution in [1.82, 2.24) is 19.9 Å². The standard InChI is InChI=1S/C18H15N5O/c19-6-3-16(24)23-9-1-2-12(11-23)13-4-7-20-15-10-22-18-14(17(13)15)5-8-21-18/h2,4-5,7-8,10H,1,3,9,11H2,(H,21,22). The van der Waals surface area contributed by atoms with Crippen LogP contribution in [0.4, 0.5) is 0 Å². The van der Waals surface area contributed by atoms with Gasteiger partial charge in [0.2, 0.25) is 5.91 Å². The van der Waals surface area contributed by atoms with Crippen LogP contribution >= 0.6 is 0 Å². The molecule has 0 saturated heterocycles. The summed E-state index contributed by atoms with van der Waals surface area (Å²) in [5.74, 6) is -0.116. The summed E-state index contributed by atoms with van der Waals surface area (Å²) in [5, 5.41) is 10.8. The minimum Gasteiger partial charge on any atom is -0.346 e. The summed E-state index contributed by atoms with van der Waals surface area (Å²) in [6.07, 6.45) is 8.29. The van der Waals surface area contributed by atoms with Crippen molar-refractivity contribution in [2.45, 2.75) is 12.8 Å². The van der Waals surface area contributed by atoms with Crippen LogP contribution in [0.3, 0.4) is 0 Å². The fourth-order valence-corrected chi connectivity index (χ4v) is 3.25. The highest BCUT2D eigenvalue weighted by atomic mass is 16.2. The van der Waals surface area contributed by atoms with Crippen LogP contribution in [0.5, 0.6) is 0 Å². The van der Waals surface area contributed by atoms with Gasteiger partial charge in [0.1, 0.15) is 12.1 Å². The average Bonchev–Trinajstić information content (AvgIpc) is 3.10. The van der Waals surface area contributed by atoms with E-state index in [2.05, 4.69) is 21.0 Å². The van der Waals surface area contributed by atoms with Crippen molar-refractivity contribution < 1.29 is 4.79 Å². The molecule has 3 aromatic heterocycles. The van der Waals surface area contributed by atoms with Crippen LogP contribution in [-0.2, 0) is 4.79 Å². The number of nitriles is 1. The molecule has 1 aliphatic rings. The van der Waals surface area contributed by atoms with E-state index in [1.165, 1.54) is 0 Å². The Bertz CT molecular complexity index is 1010. The van der Waals surface area contributed by atoms with Crippen molar-refractivity contribution in [2.24, 2.45) is 0 Å². The monoisotopic (exact) mass is 317 g/mol. The van der Waals surface area contributed by atoms with E-state index in [1.54, 1.807) is 17.3 Å². The Morgan fingerprint density at radius 1 is 1.38 bits per heavy atom. The van der Waals surface area contributed by atoms with Crippen LogP contribution in [0, 0.1) is 11.3 Å². The number of fused-ring (bicyclic) bond motifs is 3. The Kier molecular flexibility index (Phi) is 3.47. The van der Waals surface area contributed by atoms with Crippen LogP contribution in [0.1, 0.15) is 18.4 Å². The number of hydrogen-bond acceptors (Lipinski definition) is 4. The highest BCUT2D eigenvalue weighted by Gasteiger charge is 2.20. The number of nitrogens with zero attached hydrogens (tertiary/aromatic N) is 4. The first-order valence-corrected chi connectivity index (χ1v) is 7.83. The molecule has 4 heterocycles. The van der Waals surface area contributed by atoms with Gasteiger partial charge in [0.15, 0.2) is 0 Å². The van der Waals surface area contributed by atoms with Crippen LogP contribution in [-0.4, -0.2) is 38.8 Å². The lowest BCUT2D eigenvalue weighted by molar-refractivity contribution is -0.129. The second kappa shape index (κ2) is 5.78. The lowest BCUT2D eigenvalue weighted by Crippen LogP contribution is -2.35. The molecule has 118 valence electrons. The Labute approximate surface area is 138 Å². The maximum atomic E-state index is 12.1. The van der Waals surface area contributed by atoms with Gasteiger partial charge in [-0.15, -0.1) is 0 Å². The summed E-state index contributed by atoms with van der Waals surface area (Å²) in [6.45, 7) is 1.18. The fraction of sp³-hybridized carbons (Fsp3) is 0.222. The Morgan fingerprint density at radius 3 is 3.17 bits per heavy atom. The van der Waals surface area contributed by atoms with Crippen LogP contribution in [0.2, 0.25) is 0 Å². The Morgan fingerprint density at radius 2 is 2.29 bits per heavy atom. The molecule has 0 saturated carbocycles. The number of carbonyl (C=O) groups excluding carboxylic acids is 1. The molecule has 0 radical (unpaired) electrons. The molecule has 0 unspecified atom stereocenters. The van der Waals surface area contributed by atoms with Gasteiger partial charge in [0.25, 0.3) is 0 Å². The number of amides is 1. The number of pyridine rings is 2. The van der Waals surface area contributed by atoms with E-state index < -0.39 is 0 Å². The first-order chi connectivity index (χ1) is 11.8. The van der Waals surface area contributed by atoms with Crippen LogP contribution < -0.4 is 0 Å². The number of nitrogens with one attached hydrogen (secondary N) is 1. The number of hydrogen-bond donors (Lipinski definition) is 1. The van der Waals surface area contributed by atoms with Gasteiger partial charge in [0, 0.05) is 36.3 Å². The Balaban J connectivity index is 1.82. The molecule has 1 aliphatic heterocycles. The zero-order valence-corrected chi connectivity index (χ0v) is 13.0. The topological polar surface area (TPSA) is 85.7 Å². The molecule has 0 aliphatic carbocycles. The maximum Gasteiger partial charge on any atom is 0.237 e. The minimum atomic E-state index is -0.116. The molecular weight excluding hydrogens is 302 g/mol. The molecule has 0 fully saturated rings. The molecule has 0 bridgehead atoms. The van der Waals surface area contributed by atoms with Gasteiger partial charge in [0.05, 0.1) is 17.8 Å². The van der Waals surface area contributed by atoms with Gasteiger partial charge < -0.3 is 9.88 Å². The first-order valence-electron chi connectivity index (χ1n) is 7.83. The van der Waals surface area contributed by atoms with Gasteiger partial charge in [-0.1, -0.05) is 6.08 Å². The van der Waals surface area contributed by atoms with Crippen molar-refractivity contribution in [3.63, 3.8) is 0 Å². The predicted octanol–water partition coefficient (Wildman–Crippen LogP) is 2.64. The summed E-state index contributed by atoms with van der Waals surface area (Å²) >= 11 is 0. The molecule has 0 atom stereocenters. The second-order valence-corrected chi connectivity index (χ2v) is 5.79. The van der Waals surface area contributed by atoms with Gasteiger partial charge in [-0.05, 0) is 29.7 Å². The van der Waals surface area contributed by atoms with Crippen molar-refractivity contribution in [1.29, 1.82) is 5.26 Å². The number of H-pyrrole nitrogens is 1. The summed E-state index contributed by atoms with van der Waals surface area (Å²) in [7, 11) is 0. The van der Waals surface area contributed by atoms with Crippen molar-refractivity contribution in [2.75, 3.05) is 13.1 Å². The molecule has 1 amide bonds. The van der Waals surface area contributed by atoms with E-state index >= 15 is 0 Å².